The van der Waals surface area contributed by atoms with Crippen LogP contribution in [0.2, 0.25) is 5.15 Å². The molecular formula is C8H7BrClN3OS. The van der Waals surface area contributed by atoms with Crippen LogP contribution < -0.4 is 4.72 Å². The molecule has 4 nitrogen and oxygen atoms in total. The Kier molecular flexibility index (Phi) is 3.97. The second-order valence-corrected chi connectivity index (χ2v) is 6.24. The quantitative estimate of drug-likeness (QED) is 0.390. The maximum atomic E-state index is 11.7. The summed E-state index contributed by atoms with van der Waals surface area (Å²) in [6.07, 6.45) is 4.55. The third kappa shape index (κ3) is 3.70. The molecule has 0 aliphatic rings. The van der Waals surface area contributed by atoms with Crippen molar-refractivity contribution in [2.75, 3.05) is 6.26 Å². The topological polar surface area (TPSA) is 65.8 Å². The lowest BCUT2D eigenvalue weighted by Gasteiger charge is -2.02. The molecule has 7 heteroatoms. The van der Waals surface area contributed by atoms with Crippen LogP contribution in [0, 0.1) is 11.5 Å². The van der Waals surface area contributed by atoms with Gasteiger partial charge >= 0.3 is 0 Å². The van der Waals surface area contributed by atoms with Gasteiger partial charge in [-0.25, -0.2) is 13.9 Å². The summed E-state index contributed by atoms with van der Waals surface area (Å²) in [5.41, 5.74) is 0.626. The number of nitrogens with zero attached hydrogens (tertiary/aromatic N) is 2. The Bertz CT molecular complexity index is 531. The molecule has 0 amide bonds. The molecule has 1 atom stereocenters. The number of halogens is 2. The SMILES string of the molecule is CS(=O)(=Cc1cnc(Cl)c(Br)c1)NC#N. The average molecular weight is 309 g/mol. The fraction of sp³-hybridized carbons (Fsp3) is 0.125. The molecule has 0 bridgehead atoms. The number of aromatic nitrogens is 1. The van der Waals surface area contributed by atoms with Crippen molar-refractivity contribution in [3.05, 3.63) is 27.5 Å². The highest BCUT2D eigenvalue weighted by molar-refractivity contribution is 9.10. The van der Waals surface area contributed by atoms with Gasteiger partial charge < -0.3 is 0 Å². The van der Waals surface area contributed by atoms with Gasteiger partial charge in [0.2, 0.25) is 0 Å². The third-order valence-corrected chi connectivity index (χ3v) is 3.78. The third-order valence-electron chi connectivity index (χ3n) is 1.43. The molecule has 1 heterocycles. The Morgan fingerprint density at radius 2 is 2.47 bits per heavy atom. The summed E-state index contributed by atoms with van der Waals surface area (Å²) in [6, 6.07) is 1.68. The van der Waals surface area contributed by atoms with Crippen molar-refractivity contribution in [3.8, 4) is 6.19 Å². The van der Waals surface area contributed by atoms with E-state index < -0.39 is 9.71 Å². The highest BCUT2D eigenvalue weighted by Gasteiger charge is 2.01. The Balaban J connectivity index is 3.16. The van der Waals surface area contributed by atoms with E-state index in [0.717, 1.165) is 0 Å². The molecule has 1 aromatic rings. The fourth-order valence-corrected chi connectivity index (χ4v) is 2.24. The highest BCUT2D eigenvalue weighted by Crippen LogP contribution is 2.19. The molecule has 0 aliphatic carbocycles. The summed E-state index contributed by atoms with van der Waals surface area (Å²) in [6.45, 7) is 0. The second kappa shape index (κ2) is 4.84. The minimum absolute atomic E-state index is 0.336. The molecule has 0 saturated heterocycles. The van der Waals surface area contributed by atoms with Crippen molar-refractivity contribution in [1.82, 2.24) is 9.71 Å². The van der Waals surface area contributed by atoms with E-state index in [1.54, 1.807) is 12.3 Å². The number of rotatable bonds is 2. The lowest BCUT2D eigenvalue weighted by atomic mass is 10.3. The smallest absolute Gasteiger partial charge is 0.188 e. The molecule has 0 aliphatic heterocycles. The predicted molar refractivity (Wildman–Crippen MR) is 64.9 cm³/mol. The monoisotopic (exact) mass is 307 g/mol. The summed E-state index contributed by atoms with van der Waals surface area (Å²) < 4.78 is 14.5. The first-order valence-corrected chi connectivity index (χ1v) is 6.95. The van der Waals surface area contributed by atoms with E-state index in [-0.39, 0.29) is 0 Å². The summed E-state index contributed by atoms with van der Waals surface area (Å²) >= 11 is 8.90. The number of hydrogen-bond acceptors (Lipinski definition) is 3. The van der Waals surface area contributed by atoms with Crippen LogP contribution in [-0.4, -0.2) is 20.8 Å². The second-order valence-electron chi connectivity index (χ2n) is 2.78. The van der Waals surface area contributed by atoms with Crippen LogP contribution >= 0.6 is 27.5 Å². The van der Waals surface area contributed by atoms with Gasteiger partial charge in [0, 0.05) is 23.4 Å². The van der Waals surface area contributed by atoms with E-state index in [2.05, 4.69) is 25.6 Å². The first-order valence-electron chi connectivity index (χ1n) is 3.75. The van der Waals surface area contributed by atoms with Crippen LogP contribution in [0.25, 0.3) is 0 Å². The summed E-state index contributed by atoms with van der Waals surface area (Å²) in [5, 5.41) is 10.1. The van der Waals surface area contributed by atoms with Gasteiger partial charge in [-0.2, -0.15) is 5.26 Å². The zero-order chi connectivity index (χ0) is 11.5. The Morgan fingerprint density at radius 3 is 3.00 bits per heavy atom. The number of pyridine rings is 1. The molecule has 1 aromatic heterocycles. The first kappa shape index (κ1) is 12.3. The first-order chi connectivity index (χ1) is 6.94. The normalized spacial score (nSPS) is 13.7. The van der Waals surface area contributed by atoms with Crippen molar-refractivity contribution >= 4 is 42.6 Å². The molecule has 15 heavy (non-hydrogen) atoms. The molecule has 1 rings (SSSR count). The molecule has 0 radical (unpaired) electrons. The van der Waals surface area contributed by atoms with Gasteiger partial charge in [-0.1, -0.05) is 11.6 Å². The van der Waals surface area contributed by atoms with Crippen LogP contribution in [0.1, 0.15) is 5.56 Å². The van der Waals surface area contributed by atoms with Gasteiger partial charge in [-0.3, -0.25) is 0 Å². The van der Waals surface area contributed by atoms with Crippen molar-refractivity contribution in [1.29, 1.82) is 5.26 Å². The molecule has 0 aromatic carbocycles. The molecule has 80 valence electrons. The van der Waals surface area contributed by atoms with E-state index >= 15 is 0 Å². The fourth-order valence-electron chi connectivity index (χ4n) is 0.880. The van der Waals surface area contributed by atoms with Crippen LogP contribution in [0.4, 0.5) is 0 Å². The lowest BCUT2D eigenvalue weighted by Crippen LogP contribution is -2.18. The minimum Gasteiger partial charge on any atom is -0.249 e. The van der Waals surface area contributed by atoms with Crippen LogP contribution in [0.3, 0.4) is 0 Å². The van der Waals surface area contributed by atoms with Crippen molar-refractivity contribution in [2.24, 2.45) is 0 Å². The average Bonchev–Trinajstić information content (AvgIpc) is 2.10. The van der Waals surface area contributed by atoms with Crippen molar-refractivity contribution in [3.63, 3.8) is 0 Å². The van der Waals surface area contributed by atoms with E-state index in [0.29, 0.717) is 15.2 Å². The molecule has 1 N–H and O–H groups in total. The maximum Gasteiger partial charge on any atom is 0.188 e. The molecule has 0 saturated carbocycles. The van der Waals surface area contributed by atoms with Gasteiger partial charge in [-0.15, -0.1) is 0 Å². The van der Waals surface area contributed by atoms with Gasteiger partial charge in [0.1, 0.15) is 5.15 Å². The number of hydrogen-bond donors (Lipinski definition) is 1. The highest BCUT2D eigenvalue weighted by atomic mass is 79.9. The molecule has 0 fully saturated rings. The lowest BCUT2D eigenvalue weighted by molar-refractivity contribution is 0.682. The largest absolute Gasteiger partial charge is 0.249 e. The van der Waals surface area contributed by atoms with Crippen LogP contribution in [0.15, 0.2) is 16.7 Å². The summed E-state index contributed by atoms with van der Waals surface area (Å²) in [5.74, 6) is 0. The van der Waals surface area contributed by atoms with E-state index in [1.165, 1.54) is 17.8 Å². The molecular weight excluding hydrogens is 302 g/mol. The zero-order valence-corrected chi connectivity index (χ0v) is 10.9. The van der Waals surface area contributed by atoms with Gasteiger partial charge in [-0.05, 0) is 22.0 Å². The van der Waals surface area contributed by atoms with Gasteiger partial charge in [0.15, 0.2) is 6.19 Å². The molecule has 1 unspecified atom stereocenters. The van der Waals surface area contributed by atoms with E-state index in [1.807, 2.05) is 0 Å². The van der Waals surface area contributed by atoms with Crippen LogP contribution in [0.5, 0.6) is 0 Å². The van der Waals surface area contributed by atoms with Crippen LogP contribution in [-0.2, 0) is 9.71 Å². The predicted octanol–water partition coefficient (Wildman–Crippen LogP) is 1.55. The summed E-state index contributed by atoms with van der Waals surface area (Å²) in [4.78, 5) is 3.87. The maximum absolute atomic E-state index is 11.7. The van der Waals surface area contributed by atoms with Crippen molar-refractivity contribution in [2.45, 2.75) is 0 Å². The minimum atomic E-state index is -2.50. The van der Waals surface area contributed by atoms with Crippen molar-refractivity contribution < 1.29 is 4.21 Å². The summed E-state index contributed by atoms with van der Waals surface area (Å²) in [7, 11) is -2.50. The number of nitriles is 1. The Labute approximate surface area is 102 Å². The number of nitrogens with one attached hydrogen (secondary N) is 1. The van der Waals surface area contributed by atoms with Gasteiger partial charge in [0.05, 0.1) is 14.2 Å². The molecule has 0 spiro atoms. The zero-order valence-electron chi connectivity index (χ0n) is 7.70. The standard InChI is InChI=1S/C8H7BrClN3OS/c1-15(14,13-5-11)4-6-2-7(9)8(10)12-3-6/h2-4H,1H3,(H,13,14). The van der Waals surface area contributed by atoms with E-state index in [9.17, 15) is 4.21 Å². The van der Waals surface area contributed by atoms with E-state index in [4.69, 9.17) is 16.9 Å². The Morgan fingerprint density at radius 1 is 1.80 bits per heavy atom. The van der Waals surface area contributed by atoms with Gasteiger partial charge in [0.25, 0.3) is 0 Å². The Hall–Kier alpha value is -0.770.